The van der Waals surface area contributed by atoms with Crippen LogP contribution >= 0.6 is 0 Å². The van der Waals surface area contributed by atoms with Crippen molar-refractivity contribution in [3.63, 3.8) is 0 Å². The van der Waals surface area contributed by atoms with Crippen molar-refractivity contribution in [2.45, 2.75) is 6.42 Å². The zero-order valence-corrected chi connectivity index (χ0v) is 12.4. The average molecular weight is 276 g/mol. The second-order valence-electron chi connectivity index (χ2n) is 5.29. The Morgan fingerprint density at radius 1 is 1.30 bits per heavy atom. The Labute approximate surface area is 120 Å². The van der Waals surface area contributed by atoms with E-state index in [1.54, 1.807) is 4.90 Å². The van der Waals surface area contributed by atoms with Gasteiger partial charge in [0.15, 0.2) is 0 Å². The summed E-state index contributed by atoms with van der Waals surface area (Å²) in [5, 5.41) is 0. The molecule has 0 unspecified atom stereocenters. The molecule has 5 heteroatoms. The van der Waals surface area contributed by atoms with E-state index >= 15 is 0 Å². The Bertz CT molecular complexity index is 463. The Balaban J connectivity index is 2.04. The van der Waals surface area contributed by atoms with Crippen molar-refractivity contribution in [3.8, 4) is 0 Å². The average Bonchev–Trinajstić information content (AvgIpc) is 2.47. The van der Waals surface area contributed by atoms with Gasteiger partial charge in [-0.2, -0.15) is 0 Å². The number of hydrogen-bond acceptors (Lipinski definition) is 4. The van der Waals surface area contributed by atoms with Gasteiger partial charge in [-0.3, -0.25) is 4.79 Å². The standard InChI is InChI=1S/C15H24N4O/c1-17-10-11-19(14-7-4-3-6-13(14)17)12-15(20)18(2)9-5-8-16/h3-4,6-7H,5,8-12,16H2,1-2H3. The number of carbonyl (C=O) groups is 1. The van der Waals surface area contributed by atoms with E-state index in [4.69, 9.17) is 5.73 Å². The van der Waals surface area contributed by atoms with Crippen LogP contribution in [-0.2, 0) is 4.79 Å². The summed E-state index contributed by atoms with van der Waals surface area (Å²) in [5.74, 6) is 0.151. The van der Waals surface area contributed by atoms with Gasteiger partial charge in [-0.15, -0.1) is 0 Å². The molecular formula is C15H24N4O. The van der Waals surface area contributed by atoms with Crippen molar-refractivity contribution in [2.24, 2.45) is 5.73 Å². The first kappa shape index (κ1) is 14.7. The summed E-state index contributed by atoms with van der Waals surface area (Å²) in [5.41, 5.74) is 7.82. The van der Waals surface area contributed by atoms with E-state index in [0.717, 1.165) is 31.7 Å². The molecule has 0 aromatic heterocycles. The lowest BCUT2D eigenvalue weighted by atomic mass is 10.1. The third kappa shape index (κ3) is 3.22. The van der Waals surface area contributed by atoms with Crippen LogP contribution in [0.1, 0.15) is 6.42 Å². The van der Waals surface area contributed by atoms with Crippen LogP contribution in [0.15, 0.2) is 24.3 Å². The molecule has 0 aliphatic carbocycles. The van der Waals surface area contributed by atoms with Gasteiger partial charge in [0.2, 0.25) is 5.91 Å². The summed E-state index contributed by atoms with van der Waals surface area (Å²) in [7, 11) is 3.94. The molecule has 110 valence electrons. The number of nitrogens with zero attached hydrogens (tertiary/aromatic N) is 3. The van der Waals surface area contributed by atoms with E-state index in [1.165, 1.54) is 5.69 Å². The maximum Gasteiger partial charge on any atom is 0.241 e. The van der Waals surface area contributed by atoms with Crippen LogP contribution in [0.4, 0.5) is 11.4 Å². The van der Waals surface area contributed by atoms with Gasteiger partial charge in [-0.1, -0.05) is 12.1 Å². The molecule has 1 heterocycles. The summed E-state index contributed by atoms with van der Waals surface area (Å²) >= 11 is 0. The fourth-order valence-corrected chi connectivity index (χ4v) is 2.47. The quantitative estimate of drug-likeness (QED) is 0.862. The van der Waals surface area contributed by atoms with Gasteiger partial charge in [0, 0.05) is 33.7 Å². The van der Waals surface area contributed by atoms with Gasteiger partial charge in [0.1, 0.15) is 0 Å². The smallest absolute Gasteiger partial charge is 0.241 e. The fraction of sp³-hybridized carbons (Fsp3) is 0.533. The van der Waals surface area contributed by atoms with E-state index in [-0.39, 0.29) is 5.91 Å². The van der Waals surface area contributed by atoms with Crippen LogP contribution in [0.25, 0.3) is 0 Å². The lowest BCUT2D eigenvalue weighted by molar-refractivity contribution is -0.128. The van der Waals surface area contributed by atoms with E-state index < -0.39 is 0 Å². The number of nitrogens with two attached hydrogens (primary N) is 1. The van der Waals surface area contributed by atoms with Gasteiger partial charge in [0.25, 0.3) is 0 Å². The van der Waals surface area contributed by atoms with Crippen LogP contribution in [0, 0.1) is 0 Å². The first-order valence-corrected chi connectivity index (χ1v) is 7.12. The summed E-state index contributed by atoms with van der Waals surface area (Å²) in [6, 6.07) is 8.24. The highest BCUT2D eigenvalue weighted by atomic mass is 16.2. The minimum absolute atomic E-state index is 0.151. The molecule has 5 nitrogen and oxygen atoms in total. The first-order valence-electron chi connectivity index (χ1n) is 7.12. The zero-order valence-electron chi connectivity index (χ0n) is 12.4. The molecule has 0 saturated heterocycles. The van der Waals surface area contributed by atoms with Crippen molar-refractivity contribution in [2.75, 3.05) is 56.6 Å². The number of likely N-dealkylation sites (N-methyl/N-ethyl adjacent to an activating group) is 2. The first-order chi connectivity index (χ1) is 9.63. The summed E-state index contributed by atoms with van der Waals surface area (Å²) in [6.07, 6.45) is 0.849. The van der Waals surface area contributed by atoms with E-state index in [1.807, 2.05) is 19.2 Å². The molecule has 20 heavy (non-hydrogen) atoms. The van der Waals surface area contributed by atoms with Gasteiger partial charge in [0.05, 0.1) is 17.9 Å². The Hall–Kier alpha value is -1.75. The number of carbonyl (C=O) groups excluding carboxylic acids is 1. The van der Waals surface area contributed by atoms with Crippen LogP contribution in [0.3, 0.4) is 0 Å². The minimum Gasteiger partial charge on any atom is -0.371 e. The third-order valence-corrected chi connectivity index (χ3v) is 3.79. The maximum absolute atomic E-state index is 12.2. The molecule has 1 aromatic rings. The van der Waals surface area contributed by atoms with Gasteiger partial charge < -0.3 is 20.4 Å². The maximum atomic E-state index is 12.2. The molecule has 1 aliphatic heterocycles. The zero-order chi connectivity index (χ0) is 14.5. The van der Waals surface area contributed by atoms with E-state index in [9.17, 15) is 4.79 Å². The Kier molecular flexibility index (Phi) is 4.84. The van der Waals surface area contributed by atoms with Gasteiger partial charge in [-0.05, 0) is 25.1 Å². The summed E-state index contributed by atoms with van der Waals surface area (Å²) in [6.45, 7) is 3.60. The van der Waals surface area contributed by atoms with Gasteiger partial charge in [-0.25, -0.2) is 0 Å². The number of para-hydroxylation sites is 2. The number of benzene rings is 1. The van der Waals surface area contributed by atoms with Crippen LogP contribution in [0.5, 0.6) is 0 Å². The number of hydrogen-bond donors (Lipinski definition) is 1. The molecule has 0 saturated carbocycles. The highest BCUT2D eigenvalue weighted by Gasteiger charge is 2.22. The summed E-state index contributed by atoms with van der Waals surface area (Å²) < 4.78 is 0. The Morgan fingerprint density at radius 3 is 2.70 bits per heavy atom. The molecule has 2 rings (SSSR count). The lowest BCUT2D eigenvalue weighted by Gasteiger charge is -2.37. The number of fused-ring (bicyclic) bond motifs is 1. The molecule has 1 aliphatic rings. The van der Waals surface area contributed by atoms with Crippen molar-refractivity contribution >= 4 is 17.3 Å². The molecule has 0 radical (unpaired) electrons. The molecule has 2 N–H and O–H groups in total. The monoisotopic (exact) mass is 276 g/mol. The fourth-order valence-electron chi connectivity index (χ4n) is 2.47. The van der Waals surface area contributed by atoms with Crippen LogP contribution in [-0.4, -0.2) is 57.6 Å². The number of amides is 1. The third-order valence-electron chi connectivity index (χ3n) is 3.79. The molecule has 0 bridgehead atoms. The van der Waals surface area contributed by atoms with Crippen molar-refractivity contribution in [3.05, 3.63) is 24.3 Å². The highest BCUT2D eigenvalue weighted by molar-refractivity contribution is 5.84. The molecule has 1 aromatic carbocycles. The van der Waals surface area contributed by atoms with Crippen molar-refractivity contribution in [1.29, 1.82) is 0 Å². The van der Waals surface area contributed by atoms with E-state index in [0.29, 0.717) is 13.1 Å². The second-order valence-corrected chi connectivity index (χ2v) is 5.29. The highest BCUT2D eigenvalue weighted by Crippen LogP contribution is 2.31. The van der Waals surface area contributed by atoms with Crippen LogP contribution < -0.4 is 15.5 Å². The molecular weight excluding hydrogens is 252 g/mol. The lowest BCUT2D eigenvalue weighted by Crippen LogP contribution is -2.45. The minimum atomic E-state index is 0.151. The summed E-state index contributed by atoms with van der Waals surface area (Å²) in [4.78, 5) is 18.4. The van der Waals surface area contributed by atoms with E-state index in [2.05, 4.69) is 29.0 Å². The topological polar surface area (TPSA) is 52.8 Å². The van der Waals surface area contributed by atoms with Crippen molar-refractivity contribution in [1.82, 2.24) is 4.90 Å². The molecule has 0 atom stereocenters. The van der Waals surface area contributed by atoms with Gasteiger partial charge >= 0.3 is 0 Å². The van der Waals surface area contributed by atoms with Crippen molar-refractivity contribution < 1.29 is 4.79 Å². The molecule has 0 spiro atoms. The predicted molar refractivity (Wildman–Crippen MR) is 83.2 cm³/mol. The normalized spacial score (nSPS) is 14.2. The number of anilines is 2. The number of rotatable bonds is 5. The Morgan fingerprint density at radius 2 is 2.00 bits per heavy atom. The SMILES string of the molecule is CN(CCCN)C(=O)CN1CCN(C)c2ccccc21. The predicted octanol–water partition coefficient (Wildman–Crippen LogP) is 0.750. The molecule has 1 amide bonds. The molecule has 0 fully saturated rings. The largest absolute Gasteiger partial charge is 0.371 e. The second kappa shape index (κ2) is 6.61. The van der Waals surface area contributed by atoms with Crippen LogP contribution in [0.2, 0.25) is 0 Å².